The smallest absolute Gasteiger partial charge is 0.265 e. The second kappa shape index (κ2) is 8.79. The van der Waals surface area contributed by atoms with E-state index in [1.165, 1.54) is 0 Å². The summed E-state index contributed by atoms with van der Waals surface area (Å²) in [6.45, 7) is 2.81. The molecule has 3 aromatic carbocycles. The van der Waals surface area contributed by atoms with Gasteiger partial charge in [0.05, 0.1) is 35.6 Å². The molecule has 1 fully saturated rings. The second-order valence-corrected chi connectivity index (χ2v) is 7.62. The molecule has 5 nitrogen and oxygen atoms in total. The Hall–Kier alpha value is -3.35. The van der Waals surface area contributed by atoms with E-state index in [-0.39, 0.29) is 0 Å². The second-order valence-electron chi connectivity index (χ2n) is 7.27. The van der Waals surface area contributed by atoms with Gasteiger partial charge in [0, 0.05) is 30.3 Å². The van der Waals surface area contributed by atoms with Crippen molar-refractivity contribution in [3.8, 4) is 28.3 Å². The number of rotatable bonds is 3. The largest absolute Gasteiger partial charge is 0.432 e. The fraction of sp³-hybridized carbons (Fsp3) is 0.160. The van der Waals surface area contributed by atoms with Crippen LogP contribution in [-0.2, 0) is 4.74 Å². The van der Waals surface area contributed by atoms with Crippen LogP contribution >= 0.6 is 12.2 Å². The van der Waals surface area contributed by atoms with E-state index in [2.05, 4.69) is 24.3 Å². The third-order valence-electron chi connectivity index (χ3n) is 5.20. The zero-order valence-corrected chi connectivity index (χ0v) is 17.7. The van der Waals surface area contributed by atoms with E-state index in [9.17, 15) is 0 Å². The third-order valence-corrected chi connectivity index (χ3v) is 5.55. The third kappa shape index (κ3) is 4.26. The van der Waals surface area contributed by atoms with Crippen molar-refractivity contribution in [1.29, 1.82) is 0 Å². The molecule has 0 bridgehead atoms. The highest BCUT2D eigenvalue weighted by molar-refractivity contribution is 7.80. The van der Waals surface area contributed by atoms with E-state index in [0.717, 1.165) is 46.6 Å². The highest BCUT2D eigenvalue weighted by Gasteiger charge is 2.17. The maximum Gasteiger partial charge on any atom is 0.265 e. The van der Waals surface area contributed by atoms with Crippen LogP contribution in [0.25, 0.3) is 33.5 Å². The number of benzene rings is 3. The van der Waals surface area contributed by atoms with Crippen molar-refractivity contribution in [1.82, 2.24) is 14.9 Å². The van der Waals surface area contributed by atoms with Crippen molar-refractivity contribution in [2.75, 3.05) is 26.3 Å². The van der Waals surface area contributed by atoms with E-state index in [0.29, 0.717) is 24.1 Å². The molecule has 6 heteroatoms. The number of aromatic nitrogens is 2. The number of morpholine rings is 1. The lowest BCUT2D eigenvalue weighted by molar-refractivity contribution is 0.0631. The van der Waals surface area contributed by atoms with Gasteiger partial charge < -0.3 is 14.4 Å². The van der Waals surface area contributed by atoms with Gasteiger partial charge in [-0.1, -0.05) is 60.7 Å². The van der Waals surface area contributed by atoms with Crippen molar-refractivity contribution in [2.24, 2.45) is 0 Å². The SMILES string of the molecule is S=C(Oc1ccc2nc(-c3ccccc3)c(-c3ccccc3)nc2c1)N1CCOCC1. The predicted molar refractivity (Wildman–Crippen MR) is 126 cm³/mol. The van der Waals surface area contributed by atoms with Crippen LogP contribution in [0.4, 0.5) is 0 Å². The molecule has 0 N–H and O–H groups in total. The van der Waals surface area contributed by atoms with Crippen molar-refractivity contribution in [3.05, 3.63) is 78.9 Å². The number of hydrogen-bond donors (Lipinski definition) is 0. The van der Waals surface area contributed by atoms with Gasteiger partial charge in [-0.25, -0.2) is 9.97 Å². The molecule has 0 radical (unpaired) electrons. The van der Waals surface area contributed by atoms with Crippen LogP contribution in [0.3, 0.4) is 0 Å². The minimum atomic E-state index is 0.458. The van der Waals surface area contributed by atoms with E-state index in [1.807, 2.05) is 59.5 Å². The first-order valence-corrected chi connectivity index (χ1v) is 10.7. The summed E-state index contributed by atoms with van der Waals surface area (Å²) in [7, 11) is 0. The summed E-state index contributed by atoms with van der Waals surface area (Å²) in [6, 6.07) is 26.0. The van der Waals surface area contributed by atoms with Gasteiger partial charge in [-0.05, 0) is 24.4 Å². The van der Waals surface area contributed by atoms with Crippen molar-refractivity contribution < 1.29 is 9.47 Å². The van der Waals surface area contributed by atoms with Crippen LogP contribution in [0.5, 0.6) is 5.75 Å². The standard InChI is InChI=1S/C25H21N3O2S/c31-25(28-13-15-29-16-14-28)30-20-11-12-21-22(17-20)27-24(19-9-5-2-6-10-19)23(26-21)18-7-3-1-4-8-18/h1-12,17H,13-16H2. The van der Waals surface area contributed by atoms with Gasteiger partial charge in [0.25, 0.3) is 5.17 Å². The number of fused-ring (bicyclic) bond motifs is 1. The minimum Gasteiger partial charge on any atom is -0.432 e. The Morgan fingerprint density at radius 1 is 0.774 bits per heavy atom. The van der Waals surface area contributed by atoms with Crippen LogP contribution in [0.1, 0.15) is 0 Å². The average Bonchev–Trinajstić information content (AvgIpc) is 2.85. The van der Waals surface area contributed by atoms with E-state index < -0.39 is 0 Å². The predicted octanol–water partition coefficient (Wildman–Crippen LogP) is 4.96. The van der Waals surface area contributed by atoms with Gasteiger partial charge in [-0.3, -0.25) is 0 Å². The fourth-order valence-electron chi connectivity index (χ4n) is 3.60. The molecular weight excluding hydrogens is 406 g/mol. The molecule has 1 saturated heterocycles. The molecule has 0 unspecified atom stereocenters. The van der Waals surface area contributed by atoms with E-state index >= 15 is 0 Å². The number of nitrogens with zero attached hydrogens (tertiary/aromatic N) is 3. The molecule has 0 saturated carbocycles. The lowest BCUT2D eigenvalue weighted by atomic mass is 10.0. The van der Waals surface area contributed by atoms with Crippen molar-refractivity contribution >= 4 is 28.4 Å². The van der Waals surface area contributed by atoms with Gasteiger partial charge in [-0.15, -0.1) is 0 Å². The molecule has 0 atom stereocenters. The number of ether oxygens (including phenoxy) is 2. The monoisotopic (exact) mass is 427 g/mol. The molecule has 1 aromatic heterocycles. The summed E-state index contributed by atoms with van der Waals surface area (Å²) < 4.78 is 11.3. The summed E-state index contributed by atoms with van der Waals surface area (Å²) in [6.07, 6.45) is 0. The lowest BCUT2D eigenvalue weighted by Gasteiger charge is -2.28. The van der Waals surface area contributed by atoms with E-state index in [4.69, 9.17) is 31.7 Å². The zero-order valence-electron chi connectivity index (χ0n) is 16.9. The van der Waals surface area contributed by atoms with Crippen LogP contribution in [0, 0.1) is 0 Å². The molecule has 4 aromatic rings. The first kappa shape index (κ1) is 19.6. The first-order chi connectivity index (χ1) is 15.3. The number of hydrogen-bond acceptors (Lipinski definition) is 5. The first-order valence-electron chi connectivity index (χ1n) is 10.2. The van der Waals surface area contributed by atoms with E-state index in [1.54, 1.807) is 0 Å². The Kier molecular flexibility index (Phi) is 5.56. The minimum absolute atomic E-state index is 0.458. The van der Waals surface area contributed by atoms with Gasteiger partial charge in [-0.2, -0.15) is 0 Å². The summed E-state index contributed by atoms with van der Waals surface area (Å²) in [4.78, 5) is 12.0. The van der Waals surface area contributed by atoms with Crippen LogP contribution in [0.2, 0.25) is 0 Å². The maximum absolute atomic E-state index is 5.96. The fourth-order valence-corrected chi connectivity index (χ4v) is 3.88. The van der Waals surface area contributed by atoms with Gasteiger partial charge in [0.15, 0.2) is 0 Å². The Labute approximate surface area is 186 Å². The summed E-state index contributed by atoms with van der Waals surface area (Å²) >= 11 is 5.48. The molecular formula is C25H21N3O2S. The summed E-state index contributed by atoms with van der Waals surface area (Å²) in [5.41, 5.74) is 5.32. The zero-order chi connectivity index (χ0) is 21.0. The number of thiocarbonyl (C=S) groups is 1. The molecule has 0 aliphatic carbocycles. The quantitative estimate of drug-likeness (QED) is 0.431. The molecule has 0 spiro atoms. The Morgan fingerprint density at radius 2 is 1.35 bits per heavy atom. The Morgan fingerprint density at radius 3 is 1.97 bits per heavy atom. The van der Waals surface area contributed by atoms with Crippen molar-refractivity contribution in [2.45, 2.75) is 0 Å². The molecule has 1 aliphatic heterocycles. The average molecular weight is 428 g/mol. The molecule has 154 valence electrons. The Bertz CT molecular complexity index is 1210. The maximum atomic E-state index is 5.96. The van der Waals surface area contributed by atoms with Gasteiger partial charge >= 0.3 is 0 Å². The topological polar surface area (TPSA) is 47.5 Å². The molecule has 2 heterocycles. The molecule has 1 aliphatic rings. The molecule has 5 rings (SSSR count). The van der Waals surface area contributed by atoms with Gasteiger partial charge in [0.2, 0.25) is 0 Å². The van der Waals surface area contributed by atoms with Gasteiger partial charge in [0.1, 0.15) is 5.75 Å². The summed E-state index contributed by atoms with van der Waals surface area (Å²) in [5, 5.41) is 0.458. The Balaban J connectivity index is 1.55. The highest BCUT2D eigenvalue weighted by Crippen LogP contribution is 2.31. The lowest BCUT2D eigenvalue weighted by Crippen LogP contribution is -2.42. The van der Waals surface area contributed by atoms with Crippen LogP contribution in [-0.4, -0.2) is 46.3 Å². The van der Waals surface area contributed by atoms with Crippen LogP contribution < -0.4 is 4.74 Å². The summed E-state index contributed by atoms with van der Waals surface area (Å²) in [5.74, 6) is 0.657. The molecule has 31 heavy (non-hydrogen) atoms. The van der Waals surface area contributed by atoms with Crippen molar-refractivity contribution in [3.63, 3.8) is 0 Å². The van der Waals surface area contributed by atoms with Crippen LogP contribution in [0.15, 0.2) is 78.9 Å². The molecule has 0 amide bonds. The normalized spacial score (nSPS) is 13.9. The highest BCUT2D eigenvalue weighted by atomic mass is 32.1.